The normalized spacial score (nSPS) is 29.9. The predicted molar refractivity (Wildman–Crippen MR) is 144 cm³/mol. The van der Waals surface area contributed by atoms with Crippen molar-refractivity contribution in [2.75, 3.05) is 13.2 Å². The molecule has 2 fully saturated rings. The summed E-state index contributed by atoms with van der Waals surface area (Å²) in [6, 6.07) is 8.39. The number of carbonyl (C=O) groups is 1. The Hall–Kier alpha value is -3.43. The average Bonchev–Trinajstić information content (AvgIpc) is 2.95. The molecular formula is C29H36O13. The van der Waals surface area contributed by atoms with Gasteiger partial charge in [0.1, 0.15) is 18.3 Å². The molecule has 230 valence electrons. The lowest BCUT2D eigenvalue weighted by atomic mass is 10.00. The molecule has 0 radical (unpaired) electrons. The molecule has 4 rings (SSSR count). The first-order chi connectivity index (χ1) is 20.0. The Balaban J connectivity index is 1.46. The molecule has 0 spiro atoms. The molecule has 0 aliphatic carbocycles. The summed E-state index contributed by atoms with van der Waals surface area (Å²) in [6.07, 6.45) is -5.12. The highest BCUT2D eigenvalue weighted by Crippen LogP contribution is 2.31. The third-order valence-corrected chi connectivity index (χ3v) is 7.06. The van der Waals surface area contributed by atoms with Crippen molar-refractivity contribution < 1.29 is 64.2 Å². The number of aliphatic hydroxyl groups excluding tert-OH is 3. The van der Waals surface area contributed by atoms with Gasteiger partial charge in [-0.3, -0.25) is 0 Å². The van der Waals surface area contributed by atoms with Crippen molar-refractivity contribution in [3.05, 3.63) is 53.6 Å². The average molecular weight is 593 g/mol. The second kappa shape index (κ2) is 14.2. The number of esters is 1. The first-order valence-corrected chi connectivity index (χ1v) is 13.5. The maximum Gasteiger partial charge on any atom is 0.331 e. The van der Waals surface area contributed by atoms with Gasteiger partial charge >= 0.3 is 5.97 Å². The second-order valence-corrected chi connectivity index (χ2v) is 10.2. The number of carbonyl (C=O) groups excluding carboxylic acids is 1. The molecule has 2 aliphatic rings. The van der Waals surface area contributed by atoms with Gasteiger partial charge in [-0.25, -0.2) is 4.79 Å². The number of rotatable bonds is 10. The summed E-state index contributed by atoms with van der Waals surface area (Å²) in [5.74, 6) is -2.00. The molecule has 0 bridgehead atoms. The van der Waals surface area contributed by atoms with Crippen LogP contribution in [0.1, 0.15) is 30.9 Å². The van der Waals surface area contributed by atoms with Gasteiger partial charge in [0.25, 0.3) is 0 Å². The third-order valence-electron chi connectivity index (χ3n) is 7.06. The van der Waals surface area contributed by atoms with Crippen LogP contribution < -0.4 is 0 Å². The van der Waals surface area contributed by atoms with E-state index in [1.165, 1.54) is 36.4 Å². The maximum absolute atomic E-state index is 12.8. The first-order valence-electron chi connectivity index (χ1n) is 13.5. The van der Waals surface area contributed by atoms with E-state index in [-0.39, 0.29) is 42.4 Å². The summed E-state index contributed by atoms with van der Waals surface area (Å²) in [5, 5.41) is 69.0. The molecule has 0 saturated carbocycles. The molecule has 13 nitrogen and oxygen atoms in total. The molecule has 2 aliphatic heterocycles. The van der Waals surface area contributed by atoms with E-state index in [0.29, 0.717) is 17.5 Å². The fraction of sp³-hybridized carbons (Fsp3) is 0.483. The van der Waals surface area contributed by atoms with Crippen molar-refractivity contribution in [2.24, 2.45) is 0 Å². The van der Waals surface area contributed by atoms with Crippen LogP contribution in [0.4, 0.5) is 0 Å². The summed E-state index contributed by atoms with van der Waals surface area (Å²) < 4.78 is 29.0. The zero-order valence-electron chi connectivity index (χ0n) is 22.9. The van der Waals surface area contributed by atoms with E-state index < -0.39 is 61.8 Å². The van der Waals surface area contributed by atoms with Crippen LogP contribution >= 0.6 is 0 Å². The summed E-state index contributed by atoms with van der Waals surface area (Å²) in [6.45, 7) is 1.20. The Morgan fingerprint density at radius 1 is 0.952 bits per heavy atom. The van der Waals surface area contributed by atoms with Crippen LogP contribution in [0, 0.1) is 0 Å². The zero-order valence-corrected chi connectivity index (χ0v) is 22.9. The number of aliphatic hydroxyl groups is 3. The van der Waals surface area contributed by atoms with Gasteiger partial charge in [0, 0.05) is 18.9 Å². The summed E-state index contributed by atoms with van der Waals surface area (Å²) in [5.41, 5.74) is 1.11. The van der Waals surface area contributed by atoms with Crippen LogP contribution in [0.15, 0.2) is 42.5 Å². The maximum atomic E-state index is 12.8. The standard InChI is InChI=1S/C29H36O13/c1-15-20(33)12-23(36)29(39-15)41-24-13-27(38-9-8-17-3-6-19(32)22(35)11-17)40-25(14-30)28(24)42-26(37)7-4-16-2-5-18(31)21(34)10-16/h2-7,10-11,15,20,23-25,27-36H,8-9,12-14H2,1H3/b7-4+/t15-,20+,23+,24+,25+,27+,28-,29-/m0/s1. The SMILES string of the molecule is C[C@@H]1O[C@@H](O[C@@H]2C[C@H](OCCc3ccc(O)c(O)c3)O[C@H](CO)[C@H]2OC(=O)/C=C/c2ccc(O)c(O)c2)[C@H](O)C[C@H]1O. The molecule has 0 aromatic heterocycles. The number of aromatic hydroxyl groups is 4. The topological polar surface area (TPSA) is 205 Å². The van der Waals surface area contributed by atoms with Crippen molar-refractivity contribution in [3.63, 3.8) is 0 Å². The van der Waals surface area contributed by atoms with Gasteiger partial charge < -0.3 is 59.4 Å². The van der Waals surface area contributed by atoms with Gasteiger partial charge in [-0.1, -0.05) is 12.1 Å². The van der Waals surface area contributed by atoms with E-state index in [0.717, 1.165) is 6.08 Å². The van der Waals surface area contributed by atoms with Gasteiger partial charge in [-0.2, -0.15) is 0 Å². The number of benzene rings is 2. The van der Waals surface area contributed by atoms with Gasteiger partial charge in [0.15, 0.2) is 41.7 Å². The first kappa shape index (κ1) is 31.5. The molecule has 0 unspecified atom stereocenters. The number of hydrogen-bond donors (Lipinski definition) is 7. The van der Waals surface area contributed by atoms with Crippen molar-refractivity contribution in [3.8, 4) is 23.0 Å². The van der Waals surface area contributed by atoms with Crippen LogP contribution in [-0.2, 0) is 34.9 Å². The van der Waals surface area contributed by atoms with Gasteiger partial charge in [0.05, 0.1) is 25.4 Å². The van der Waals surface area contributed by atoms with Crippen LogP contribution in [0.2, 0.25) is 0 Å². The van der Waals surface area contributed by atoms with Crippen molar-refractivity contribution in [1.82, 2.24) is 0 Å². The summed E-state index contributed by atoms with van der Waals surface area (Å²) in [4.78, 5) is 12.8. The molecule has 2 aromatic carbocycles. The number of phenolic OH excluding ortho intramolecular Hbond substituents is 4. The Morgan fingerprint density at radius 3 is 2.36 bits per heavy atom. The quantitative estimate of drug-likeness (QED) is 0.117. The number of ether oxygens (including phenoxy) is 5. The Labute approximate surface area is 241 Å². The van der Waals surface area contributed by atoms with E-state index in [4.69, 9.17) is 23.7 Å². The van der Waals surface area contributed by atoms with Gasteiger partial charge in [0.2, 0.25) is 0 Å². The van der Waals surface area contributed by atoms with Crippen LogP contribution in [0.3, 0.4) is 0 Å². The predicted octanol–water partition coefficient (Wildman–Crippen LogP) is 1.04. The van der Waals surface area contributed by atoms with Crippen molar-refractivity contribution in [1.29, 1.82) is 0 Å². The molecular weight excluding hydrogens is 556 g/mol. The Bertz CT molecular complexity index is 1230. The molecule has 2 heterocycles. The molecule has 2 aromatic rings. The Morgan fingerprint density at radius 2 is 1.67 bits per heavy atom. The molecule has 8 atom stereocenters. The van der Waals surface area contributed by atoms with Crippen molar-refractivity contribution >= 4 is 12.0 Å². The molecule has 0 amide bonds. The highest BCUT2D eigenvalue weighted by Gasteiger charge is 2.45. The zero-order chi connectivity index (χ0) is 30.4. The summed E-state index contributed by atoms with van der Waals surface area (Å²) >= 11 is 0. The van der Waals surface area contributed by atoms with Crippen LogP contribution in [0.25, 0.3) is 6.08 Å². The lowest BCUT2D eigenvalue weighted by Crippen LogP contribution is -2.56. The largest absolute Gasteiger partial charge is 0.504 e. The highest BCUT2D eigenvalue weighted by molar-refractivity contribution is 5.87. The lowest BCUT2D eigenvalue weighted by Gasteiger charge is -2.43. The summed E-state index contributed by atoms with van der Waals surface area (Å²) in [7, 11) is 0. The van der Waals surface area contributed by atoms with Gasteiger partial charge in [-0.15, -0.1) is 0 Å². The van der Waals surface area contributed by atoms with E-state index in [1.807, 2.05) is 0 Å². The smallest absolute Gasteiger partial charge is 0.331 e. The number of hydrogen-bond acceptors (Lipinski definition) is 13. The van der Waals surface area contributed by atoms with Crippen LogP contribution in [-0.4, -0.2) is 104 Å². The molecule has 42 heavy (non-hydrogen) atoms. The highest BCUT2D eigenvalue weighted by atomic mass is 16.7. The lowest BCUT2D eigenvalue weighted by molar-refractivity contribution is -0.321. The molecule has 2 saturated heterocycles. The minimum atomic E-state index is -1.17. The Kier molecular flexibility index (Phi) is 10.6. The third kappa shape index (κ3) is 8.10. The molecule has 13 heteroatoms. The fourth-order valence-electron chi connectivity index (χ4n) is 4.68. The van der Waals surface area contributed by atoms with E-state index >= 15 is 0 Å². The minimum Gasteiger partial charge on any atom is -0.504 e. The fourth-order valence-corrected chi connectivity index (χ4v) is 4.68. The van der Waals surface area contributed by atoms with Gasteiger partial charge in [-0.05, 0) is 54.8 Å². The second-order valence-electron chi connectivity index (χ2n) is 10.2. The van der Waals surface area contributed by atoms with E-state index in [1.54, 1.807) is 13.0 Å². The van der Waals surface area contributed by atoms with Crippen LogP contribution in [0.5, 0.6) is 23.0 Å². The minimum absolute atomic E-state index is 0.00452. The monoisotopic (exact) mass is 592 g/mol. The molecule has 7 N–H and O–H groups in total. The van der Waals surface area contributed by atoms with E-state index in [9.17, 15) is 40.5 Å². The van der Waals surface area contributed by atoms with Crippen molar-refractivity contribution in [2.45, 2.75) is 75.4 Å². The van der Waals surface area contributed by atoms with E-state index in [2.05, 4.69) is 0 Å². The number of phenols is 4.